The molecule has 1 aromatic carbocycles. The van der Waals surface area contributed by atoms with Gasteiger partial charge in [0, 0.05) is 11.9 Å². The van der Waals surface area contributed by atoms with Gasteiger partial charge in [0.15, 0.2) is 0 Å². The summed E-state index contributed by atoms with van der Waals surface area (Å²) in [6.07, 6.45) is 1.42. The number of hydrogen-bond acceptors (Lipinski definition) is 3. The number of carbonyl (C=O) groups is 1. The highest BCUT2D eigenvalue weighted by atomic mass is 35.5. The van der Waals surface area contributed by atoms with Crippen LogP contribution in [-0.2, 0) is 0 Å². The van der Waals surface area contributed by atoms with Crippen LogP contribution >= 0.6 is 11.6 Å². The number of hydrogen-bond donors (Lipinski definition) is 2. The molecule has 4 nitrogen and oxygen atoms in total. The molecule has 0 saturated heterocycles. The summed E-state index contributed by atoms with van der Waals surface area (Å²) in [5.41, 5.74) is 2.58. The second-order valence-electron chi connectivity index (χ2n) is 4.28. The van der Waals surface area contributed by atoms with Crippen LogP contribution in [0, 0.1) is 13.8 Å². The highest BCUT2D eigenvalue weighted by Gasteiger charge is 2.09. The number of nitrogens with one attached hydrogen (secondary N) is 1. The normalized spacial score (nSPS) is 10.3. The van der Waals surface area contributed by atoms with Crippen LogP contribution in [0.5, 0.6) is 5.75 Å². The van der Waals surface area contributed by atoms with Crippen molar-refractivity contribution in [3.05, 3.63) is 52.3 Å². The summed E-state index contributed by atoms with van der Waals surface area (Å²) in [5, 5.41) is 12.7. The highest BCUT2D eigenvalue weighted by Crippen LogP contribution is 2.25. The fraction of sp³-hybridized carbons (Fsp3) is 0.143. The molecular weight excluding hydrogens is 264 g/mol. The zero-order chi connectivity index (χ0) is 14.0. The van der Waals surface area contributed by atoms with E-state index in [1.54, 1.807) is 31.2 Å². The molecule has 0 unspecified atom stereocenters. The number of pyridine rings is 1. The smallest absolute Gasteiger partial charge is 0.257 e. The zero-order valence-electron chi connectivity index (χ0n) is 10.6. The van der Waals surface area contributed by atoms with Crippen molar-refractivity contribution in [2.75, 3.05) is 5.32 Å². The maximum absolute atomic E-state index is 12.0. The topological polar surface area (TPSA) is 62.2 Å². The Bertz CT molecular complexity index is 624. The summed E-state index contributed by atoms with van der Waals surface area (Å²) in [6, 6.07) is 6.51. The summed E-state index contributed by atoms with van der Waals surface area (Å²) < 4.78 is 0. The van der Waals surface area contributed by atoms with Crippen molar-refractivity contribution < 1.29 is 9.90 Å². The van der Waals surface area contributed by atoms with Crippen molar-refractivity contribution in [2.45, 2.75) is 13.8 Å². The van der Waals surface area contributed by atoms with Gasteiger partial charge >= 0.3 is 0 Å². The molecule has 1 amide bonds. The van der Waals surface area contributed by atoms with Crippen LogP contribution in [-0.4, -0.2) is 16.0 Å². The third kappa shape index (κ3) is 3.03. The molecule has 98 valence electrons. The van der Waals surface area contributed by atoms with Gasteiger partial charge in [-0.2, -0.15) is 0 Å². The largest absolute Gasteiger partial charge is 0.508 e. The predicted molar refractivity (Wildman–Crippen MR) is 74.8 cm³/mol. The lowest BCUT2D eigenvalue weighted by atomic mass is 10.1. The molecular formula is C14H13ClN2O2. The van der Waals surface area contributed by atoms with Crippen molar-refractivity contribution in [3.63, 3.8) is 0 Å². The van der Waals surface area contributed by atoms with Gasteiger partial charge in [-0.05, 0) is 49.2 Å². The monoisotopic (exact) mass is 276 g/mol. The summed E-state index contributed by atoms with van der Waals surface area (Å²) in [6.45, 7) is 3.59. The second-order valence-corrected chi connectivity index (χ2v) is 4.66. The van der Waals surface area contributed by atoms with E-state index in [1.807, 2.05) is 6.92 Å². The standard InChI is InChI=1S/C14H13ClN2O2/c1-8-6-12(18)9(2)5-11(8)17-14(19)10-3-4-13(15)16-7-10/h3-7,18H,1-2H3,(H,17,19). The number of phenols is 1. The Morgan fingerprint density at radius 2 is 2.00 bits per heavy atom. The Kier molecular flexibility index (Phi) is 3.71. The van der Waals surface area contributed by atoms with Gasteiger partial charge in [-0.3, -0.25) is 4.79 Å². The van der Waals surface area contributed by atoms with E-state index in [1.165, 1.54) is 6.20 Å². The lowest BCUT2D eigenvalue weighted by Crippen LogP contribution is -2.13. The van der Waals surface area contributed by atoms with Gasteiger partial charge in [-0.1, -0.05) is 11.6 Å². The van der Waals surface area contributed by atoms with Crippen LogP contribution < -0.4 is 5.32 Å². The Balaban J connectivity index is 2.24. The molecule has 1 aromatic heterocycles. The molecule has 0 radical (unpaired) electrons. The Hall–Kier alpha value is -2.07. The second kappa shape index (κ2) is 5.28. The SMILES string of the molecule is Cc1cc(NC(=O)c2ccc(Cl)nc2)c(C)cc1O. The first-order chi connectivity index (χ1) is 8.97. The lowest BCUT2D eigenvalue weighted by Gasteiger charge is -2.10. The molecule has 2 N–H and O–H groups in total. The number of nitrogens with zero attached hydrogens (tertiary/aromatic N) is 1. The van der Waals surface area contributed by atoms with Gasteiger partial charge in [0.05, 0.1) is 5.56 Å². The van der Waals surface area contributed by atoms with Crippen LogP contribution in [0.3, 0.4) is 0 Å². The Labute approximate surface area is 116 Å². The van der Waals surface area contributed by atoms with E-state index in [0.29, 0.717) is 22.0 Å². The molecule has 0 aliphatic rings. The van der Waals surface area contributed by atoms with Crippen molar-refractivity contribution in [1.29, 1.82) is 0 Å². The number of halogens is 1. The number of anilines is 1. The first-order valence-corrected chi connectivity index (χ1v) is 6.08. The molecule has 0 saturated carbocycles. The van der Waals surface area contributed by atoms with E-state index >= 15 is 0 Å². The Morgan fingerprint density at radius 3 is 2.63 bits per heavy atom. The van der Waals surface area contributed by atoms with Crippen LogP contribution in [0.4, 0.5) is 5.69 Å². The van der Waals surface area contributed by atoms with Gasteiger partial charge in [-0.25, -0.2) is 4.98 Å². The summed E-state index contributed by atoms with van der Waals surface area (Å²) in [4.78, 5) is 15.9. The number of aromatic hydroxyl groups is 1. The van der Waals surface area contributed by atoms with Crippen LogP contribution in [0.25, 0.3) is 0 Å². The molecule has 0 fully saturated rings. The summed E-state index contributed by atoms with van der Waals surface area (Å²) in [5.74, 6) is -0.0546. The zero-order valence-corrected chi connectivity index (χ0v) is 11.3. The van der Waals surface area contributed by atoms with Crippen LogP contribution in [0.15, 0.2) is 30.5 Å². The average molecular weight is 277 g/mol. The third-order valence-corrected chi connectivity index (χ3v) is 3.00. The molecule has 2 rings (SSSR count). The molecule has 5 heteroatoms. The number of benzene rings is 1. The van der Waals surface area contributed by atoms with E-state index in [-0.39, 0.29) is 11.7 Å². The molecule has 1 heterocycles. The van der Waals surface area contributed by atoms with Crippen molar-refractivity contribution in [3.8, 4) is 5.75 Å². The van der Waals surface area contributed by atoms with Gasteiger partial charge < -0.3 is 10.4 Å². The number of phenolic OH excluding ortho intramolecular Hbond substituents is 1. The minimum Gasteiger partial charge on any atom is -0.508 e. The van der Waals surface area contributed by atoms with E-state index in [4.69, 9.17) is 11.6 Å². The van der Waals surface area contributed by atoms with Gasteiger partial charge in [0.2, 0.25) is 0 Å². The number of aryl methyl sites for hydroxylation is 2. The van der Waals surface area contributed by atoms with Gasteiger partial charge in [0.25, 0.3) is 5.91 Å². The maximum Gasteiger partial charge on any atom is 0.257 e. The fourth-order valence-electron chi connectivity index (χ4n) is 1.64. The minimum absolute atomic E-state index is 0.212. The van der Waals surface area contributed by atoms with Crippen LogP contribution in [0.2, 0.25) is 5.15 Å². The van der Waals surface area contributed by atoms with Crippen molar-refractivity contribution >= 4 is 23.2 Å². The molecule has 0 aliphatic heterocycles. The van der Waals surface area contributed by atoms with Crippen LogP contribution in [0.1, 0.15) is 21.5 Å². The number of amides is 1. The van der Waals surface area contributed by atoms with Crippen molar-refractivity contribution in [2.24, 2.45) is 0 Å². The van der Waals surface area contributed by atoms with E-state index < -0.39 is 0 Å². The van der Waals surface area contributed by atoms with Gasteiger partial charge in [0.1, 0.15) is 10.9 Å². The first kappa shape index (κ1) is 13.4. The van der Waals surface area contributed by atoms with Gasteiger partial charge in [-0.15, -0.1) is 0 Å². The fourth-order valence-corrected chi connectivity index (χ4v) is 1.75. The Morgan fingerprint density at radius 1 is 1.26 bits per heavy atom. The molecule has 0 spiro atoms. The lowest BCUT2D eigenvalue weighted by molar-refractivity contribution is 0.102. The van der Waals surface area contributed by atoms with E-state index in [2.05, 4.69) is 10.3 Å². The van der Waals surface area contributed by atoms with E-state index in [0.717, 1.165) is 5.56 Å². The van der Waals surface area contributed by atoms with E-state index in [9.17, 15) is 9.90 Å². The number of rotatable bonds is 2. The number of carbonyl (C=O) groups excluding carboxylic acids is 1. The molecule has 0 atom stereocenters. The molecule has 19 heavy (non-hydrogen) atoms. The molecule has 2 aromatic rings. The molecule has 0 bridgehead atoms. The van der Waals surface area contributed by atoms with Crippen molar-refractivity contribution in [1.82, 2.24) is 4.98 Å². The predicted octanol–water partition coefficient (Wildman–Crippen LogP) is 3.31. The molecule has 0 aliphatic carbocycles. The average Bonchev–Trinajstić information content (AvgIpc) is 2.36. The third-order valence-electron chi connectivity index (χ3n) is 2.78. The minimum atomic E-state index is -0.266. The maximum atomic E-state index is 12.0. The quantitative estimate of drug-likeness (QED) is 0.653. The summed E-state index contributed by atoms with van der Waals surface area (Å²) >= 11 is 5.67. The first-order valence-electron chi connectivity index (χ1n) is 5.70. The summed E-state index contributed by atoms with van der Waals surface area (Å²) in [7, 11) is 0. The highest BCUT2D eigenvalue weighted by molar-refractivity contribution is 6.29. The number of aromatic nitrogens is 1.